The van der Waals surface area contributed by atoms with E-state index >= 15 is 0 Å². The lowest BCUT2D eigenvalue weighted by Crippen LogP contribution is -2.44. The largest absolute Gasteiger partial charge is 0.401 e. The van der Waals surface area contributed by atoms with E-state index in [4.69, 9.17) is 5.73 Å². The molecule has 1 rings (SSSR count). The minimum absolute atomic E-state index is 0.843. The lowest BCUT2D eigenvalue weighted by molar-refractivity contribution is 0.259. The predicted molar refractivity (Wildman–Crippen MR) is 50.6 cm³/mol. The Bertz CT molecular complexity index is 141. The Hall–Kier alpha value is -0.190. The fourth-order valence-electron chi connectivity index (χ4n) is 1.17. The van der Waals surface area contributed by atoms with Crippen LogP contribution >= 0.6 is 12.6 Å². The summed E-state index contributed by atoms with van der Waals surface area (Å²) < 4.78 is 0. The van der Waals surface area contributed by atoms with E-state index in [-0.39, 0.29) is 0 Å². The van der Waals surface area contributed by atoms with Crippen molar-refractivity contribution in [2.45, 2.75) is 0 Å². The van der Waals surface area contributed by atoms with E-state index in [2.05, 4.69) is 22.8 Å². The molecule has 0 unspecified atom stereocenters. The molecule has 1 heterocycles. The van der Waals surface area contributed by atoms with Crippen LogP contribution in [0.5, 0.6) is 0 Å². The molecule has 3 nitrogen and oxygen atoms in total. The molecule has 0 aromatic heterocycles. The number of rotatable bonds is 2. The number of thiol groups is 1. The molecule has 1 saturated heterocycles. The van der Waals surface area contributed by atoms with Crippen molar-refractivity contribution >= 4 is 12.6 Å². The highest BCUT2D eigenvalue weighted by Gasteiger charge is 2.08. The normalized spacial score (nSPS) is 22.1. The maximum absolute atomic E-state index is 5.63. The van der Waals surface area contributed by atoms with Crippen LogP contribution in [0.3, 0.4) is 0 Å². The molecule has 0 amide bonds. The van der Waals surface area contributed by atoms with Crippen molar-refractivity contribution < 1.29 is 0 Å². The van der Waals surface area contributed by atoms with Gasteiger partial charge in [-0.15, -0.1) is 12.6 Å². The number of nitrogens with zero attached hydrogens (tertiary/aromatic N) is 1. The number of nitrogens with one attached hydrogen (secondary N) is 1. The summed E-state index contributed by atoms with van der Waals surface area (Å²) in [6.07, 6.45) is 0. The second-order valence-electron chi connectivity index (χ2n) is 2.73. The van der Waals surface area contributed by atoms with Crippen molar-refractivity contribution in [2.24, 2.45) is 5.73 Å². The number of nitrogens with two attached hydrogens (primary N) is 1. The van der Waals surface area contributed by atoms with Crippen LogP contribution in [0.2, 0.25) is 0 Å². The Morgan fingerprint density at radius 1 is 1.55 bits per heavy atom. The van der Waals surface area contributed by atoms with Crippen LogP contribution < -0.4 is 11.1 Å². The molecule has 3 N–H and O–H groups in total. The van der Waals surface area contributed by atoms with E-state index in [1.165, 1.54) is 0 Å². The molecule has 0 radical (unpaired) electrons. The van der Waals surface area contributed by atoms with E-state index in [0.717, 1.165) is 38.4 Å². The Balaban J connectivity index is 2.24. The molecular formula is C7H15N3S. The molecule has 0 bridgehead atoms. The smallest absolute Gasteiger partial charge is 0.0385 e. The molecule has 0 aromatic carbocycles. The average molecular weight is 173 g/mol. The summed E-state index contributed by atoms with van der Waals surface area (Å²) in [5.41, 5.74) is 6.47. The van der Waals surface area contributed by atoms with Crippen molar-refractivity contribution in [3.05, 3.63) is 11.1 Å². The highest BCUT2D eigenvalue weighted by atomic mass is 32.1. The minimum Gasteiger partial charge on any atom is -0.401 e. The predicted octanol–water partition coefficient (Wildman–Crippen LogP) is -0.379. The third kappa shape index (κ3) is 3.14. The fraction of sp³-hybridized carbons (Fsp3) is 0.714. The molecular weight excluding hydrogens is 158 g/mol. The molecule has 1 aliphatic heterocycles. The van der Waals surface area contributed by atoms with Gasteiger partial charge in [0.05, 0.1) is 0 Å². The van der Waals surface area contributed by atoms with Crippen molar-refractivity contribution in [1.82, 2.24) is 10.2 Å². The summed E-state index contributed by atoms with van der Waals surface area (Å²) in [6.45, 7) is 5.16. The van der Waals surface area contributed by atoms with Gasteiger partial charge >= 0.3 is 0 Å². The quantitative estimate of drug-likeness (QED) is 0.499. The molecule has 0 atom stereocenters. The second kappa shape index (κ2) is 4.64. The van der Waals surface area contributed by atoms with Crippen LogP contribution in [0.1, 0.15) is 0 Å². The van der Waals surface area contributed by atoms with E-state index in [0.29, 0.717) is 0 Å². The molecule has 1 aliphatic rings. The highest BCUT2D eigenvalue weighted by Crippen LogP contribution is 1.96. The van der Waals surface area contributed by atoms with Gasteiger partial charge in [0, 0.05) is 38.4 Å². The van der Waals surface area contributed by atoms with E-state index in [1.54, 1.807) is 5.41 Å². The summed E-state index contributed by atoms with van der Waals surface area (Å²) in [5.74, 6) is 0. The van der Waals surface area contributed by atoms with E-state index in [1.807, 2.05) is 0 Å². The minimum atomic E-state index is 0.843. The van der Waals surface area contributed by atoms with Gasteiger partial charge in [-0.2, -0.15) is 0 Å². The first-order chi connectivity index (χ1) is 5.33. The first-order valence-electron chi connectivity index (χ1n) is 3.84. The van der Waals surface area contributed by atoms with Gasteiger partial charge in [-0.1, -0.05) is 0 Å². The van der Waals surface area contributed by atoms with Gasteiger partial charge in [-0.3, -0.25) is 4.90 Å². The summed E-state index contributed by atoms with van der Waals surface area (Å²) in [4.78, 5) is 2.32. The van der Waals surface area contributed by atoms with Gasteiger partial charge in [0.2, 0.25) is 0 Å². The molecule has 0 aromatic rings. The first-order valence-corrected chi connectivity index (χ1v) is 4.36. The summed E-state index contributed by atoms with van der Waals surface area (Å²) in [5, 5.41) is 4.95. The van der Waals surface area contributed by atoms with Crippen LogP contribution in [0.15, 0.2) is 11.1 Å². The van der Waals surface area contributed by atoms with Crippen LogP contribution in [0.25, 0.3) is 0 Å². The summed E-state index contributed by atoms with van der Waals surface area (Å²) in [7, 11) is 0. The SMILES string of the molecule is NC(=CS)CN1CCNCC1. The molecule has 0 saturated carbocycles. The molecule has 0 aliphatic carbocycles. The lowest BCUT2D eigenvalue weighted by atomic mass is 10.3. The third-order valence-electron chi connectivity index (χ3n) is 1.78. The Morgan fingerprint density at radius 3 is 2.73 bits per heavy atom. The average Bonchev–Trinajstić information content (AvgIpc) is 2.06. The standard InChI is InChI=1S/C7H15N3S/c8-7(6-11)5-10-3-1-9-2-4-10/h6,9,11H,1-5,8H2. The van der Waals surface area contributed by atoms with Crippen LogP contribution in [-0.2, 0) is 0 Å². The van der Waals surface area contributed by atoms with Crippen molar-refractivity contribution in [3.63, 3.8) is 0 Å². The lowest BCUT2D eigenvalue weighted by Gasteiger charge is -2.26. The third-order valence-corrected chi connectivity index (χ3v) is 2.11. The number of hydrogen-bond acceptors (Lipinski definition) is 4. The van der Waals surface area contributed by atoms with Crippen molar-refractivity contribution in [1.29, 1.82) is 0 Å². The fourth-order valence-corrected chi connectivity index (χ4v) is 1.25. The summed E-state index contributed by atoms with van der Waals surface area (Å²) >= 11 is 3.99. The molecule has 1 fully saturated rings. The maximum atomic E-state index is 5.63. The van der Waals surface area contributed by atoms with Gasteiger partial charge in [0.15, 0.2) is 0 Å². The Labute approximate surface area is 73.0 Å². The van der Waals surface area contributed by atoms with Gasteiger partial charge in [0.1, 0.15) is 0 Å². The maximum Gasteiger partial charge on any atom is 0.0385 e. The summed E-state index contributed by atoms with van der Waals surface area (Å²) in [6, 6.07) is 0. The zero-order chi connectivity index (χ0) is 8.10. The molecule has 64 valence electrons. The first kappa shape index (κ1) is 8.90. The number of hydrogen-bond donors (Lipinski definition) is 3. The van der Waals surface area contributed by atoms with Crippen LogP contribution in [0, 0.1) is 0 Å². The Kier molecular flexibility index (Phi) is 3.76. The van der Waals surface area contributed by atoms with Gasteiger partial charge < -0.3 is 11.1 Å². The molecule has 4 heteroatoms. The topological polar surface area (TPSA) is 41.3 Å². The van der Waals surface area contributed by atoms with E-state index in [9.17, 15) is 0 Å². The Morgan fingerprint density at radius 2 is 2.18 bits per heavy atom. The monoisotopic (exact) mass is 173 g/mol. The van der Waals surface area contributed by atoms with Crippen molar-refractivity contribution in [2.75, 3.05) is 32.7 Å². The van der Waals surface area contributed by atoms with Crippen molar-refractivity contribution in [3.8, 4) is 0 Å². The van der Waals surface area contributed by atoms with Gasteiger partial charge in [-0.05, 0) is 5.41 Å². The van der Waals surface area contributed by atoms with Crippen LogP contribution in [0.4, 0.5) is 0 Å². The second-order valence-corrected chi connectivity index (χ2v) is 2.99. The molecule has 0 spiro atoms. The zero-order valence-electron chi connectivity index (χ0n) is 6.58. The van der Waals surface area contributed by atoms with Gasteiger partial charge in [0.25, 0.3) is 0 Å². The molecule has 11 heavy (non-hydrogen) atoms. The van der Waals surface area contributed by atoms with Gasteiger partial charge in [-0.25, -0.2) is 0 Å². The van der Waals surface area contributed by atoms with E-state index < -0.39 is 0 Å². The number of piperazine rings is 1. The zero-order valence-corrected chi connectivity index (χ0v) is 7.48. The highest BCUT2D eigenvalue weighted by molar-refractivity contribution is 7.83. The van der Waals surface area contributed by atoms with Crippen LogP contribution in [-0.4, -0.2) is 37.6 Å².